The lowest BCUT2D eigenvalue weighted by Gasteiger charge is -2.31. The molecule has 0 amide bonds. The monoisotopic (exact) mass is 296 g/mol. The van der Waals surface area contributed by atoms with E-state index < -0.39 is 0 Å². The highest BCUT2D eigenvalue weighted by atomic mass is 15.2. The SMILES string of the molecule is Cc1cnccc1C(Cc1ccccn1)N1CCCNCC1. The van der Waals surface area contributed by atoms with Gasteiger partial charge in [0.15, 0.2) is 0 Å². The Balaban J connectivity index is 1.89. The number of pyridine rings is 2. The summed E-state index contributed by atoms with van der Waals surface area (Å²) in [5, 5.41) is 3.49. The molecule has 4 nitrogen and oxygen atoms in total. The molecule has 3 heterocycles. The molecule has 2 aromatic rings. The van der Waals surface area contributed by atoms with Crippen LogP contribution in [0, 0.1) is 6.92 Å². The first-order valence-electron chi connectivity index (χ1n) is 8.10. The molecular weight excluding hydrogens is 272 g/mol. The maximum Gasteiger partial charge on any atom is 0.0422 e. The highest BCUT2D eigenvalue weighted by molar-refractivity contribution is 5.27. The zero-order valence-electron chi connectivity index (χ0n) is 13.2. The molecule has 1 saturated heterocycles. The highest BCUT2D eigenvalue weighted by Crippen LogP contribution is 2.27. The van der Waals surface area contributed by atoms with Gasteiger partial charge < -0.3 is 5.32 Å². The van der Waals surface area contributed by atoms with Gasteiger partial charge in [-0.15, -0.1) is 0 Å². The molecular formula is C18H24N4. The van der Waals surface area contributed by atoms with E-state index >= 15 is 0 Å². The third-order valence-corrected chi connectivity index (χ3v) is 4.37. The van der Waals surface area contributed by atoms with E-state index in [1.807, 2.05) is 24.7 Å². The Hall–Kier alpha value is -1.78. The molecule has 4 heteroatoms. The summed E-state index contributed by atoms with van der Waals surface area (Å²) in [5.74, 6) is 0. The first-order chi connectivity index (χ1) is 10.8. The Morgan fingerprint density at radius 2 is 2.14 bits per heavy atom. The van der Waals surface area contributed by atoms with Crippen molar-refractivity contribution in [2.45, 2.75) is 25.8 Å². The smallest absolute Gasteiger partial charge is 0.0422 e. The van der Waals surface area contributed by atoms with Gasteiger partial charge >= 0.3 is 0 Å². The van der Waals surface area contributed by atoms with Crippen molar-refractivity contribution >= 4 is 0 Å². The van der Waals surface area contributed by atoms with Crippen LogP contribution in [0.4, 0.5) is 0 Å². The van der Waals surface area contributed by atoms with Crippen LogP contribution in [0.1, 0.15) is 29.3 Å². The average Bonchev–Trinajstić information content (AvgIpc) is 2.84. The van der Waals surface area contributed by atoms with E-state index in [4.69, 9.17) is 0 Å². The predicted octanol–water partition coefficient (Wildman–Crippen LogP) is 2.36. The van der Waals surface area contributed by atoms with Crippen LogP contribution in [0.2, 0.25) is 0 Å². The van der Waals surface area contributed by atoms with Crippen LogP contribution in [-0.2, 0) is 6.42 Å². The molecule has 1 aliphatic rings. The number of rotatable bonds is 4. The van der Waals surface area contributed by atoms with E-state index in [-0.39, 0.29) is 0 Å². The van der Waals surface area contributed by atoms with Crippen molar-refractivity contribution in [1.82, 2.24) is 20.2 Å². The fourth-order valence-corrected chi connectivity index (χ4v) is 3.19. The molecule has 22 heavy (non-hydrogen) atoms. The van der Waals surface area contributed by atoms with Crippen LogP contribution in [0.25, 0.3) is 0 Å². The van der Waals surface area contributed by atoms with Crippen molar-refractivity contribution < 1.29 is 0 Å². The van der Waals surface area contributed by atoms with Gasteiger partial charge in [-0.2, -0.15) is 0 Å². The number of hydrogen-bond acceptors (Lipinski definition) is 4. The van der Waals surface area contributed by atoms with Gasteiger partial charge in [0.25, 0.3) is 0 Å². The lowest BCUT2D eigenvalue weighted by atomic mass is 9.97. The second-order valence-electron chi connectivity index (χ2n) is 5.91. The topological polar surface area (TPSA) is 41.1 Å². The second kappa shape index (κ2) is 7.47. The first-order valence-corrected chi connectivity index (χ1v) is 8.10. The van der Waals surface area contributed by atoms with E-state index in [1.165, 1.54) is 17.5 Å². The molecule has 1 N–H and O–H groups in total. The average molecular weight is 296 g/mol. The number of aromatic nitrogens is 2. The maximum atomic E-state index is 4.53. The Kier molecular flexibility index (Phi) is 5.14. The summed E-state index contributed by atoms with van der Waals surface area (Å²) in [7, 11) is 0. The molecule has 0 aliphatic carbocycles. The summed E-state index contributed by atoms with van der Waals surface area (Å²) in [6, 6.07) is 8.72. The molecule has 0 aromatic carbocycles. The Morgan fingerprint density at radius 3 is 2.95 bits per heavy atom. The molecule has 0 saturated carbocycles. The van der Waals surface area contributed by atoms with Gasteiger partial charge in [0, 0.05) is 56.4 Å². The molecule has 3 rings (SSSR count). The molecule has 0 bridgehead atoms. The Labute approximate surface area is 132 Å². The summed E-state index contributed by atoms with van der Waals surface area (Å²) in [6.45, 7) is 6.54. The minimum Gasteiger partial charge on any atom is -0.315 e. The number of aryl methyl sites for hydroxylation is 1. The summed E-state index contributed by atoms with van der Waals surface area (Å²) < 4.78 is 0. The van der Waals surface area contributed by atoms with Crippen LogP contribution in [0.15, 0.2) is 42.9 Å². The van der Waals surface area contributed by atoms with E-state index in [0.29, 0.717) is 6.04 Å². The van der Waals surface area contributed by atoms with E-state index in [0.717, 1.165) is 38.3 Å². The van der Waals surface area contributed by atoms with E-state index in [1.54, 1.807) is 0 Å². The van der Waals surface area contributed by atoms with Crippen molar-refractivity contribution in [2.24, 2.45) is 0 Å². The molecule has 1 fully saturated rings. The Morgan fingerprint density at radius 1 is 1.18 bits per heavy atom. The third-order valence-electron chi connectivity index (χ3n) is 4.37. The zero-order valence-corrected chi connectivity index (χ0v) is 13.2. The Bertz CT molecular complexity index is 577. The lowest BCUT2D eigenvalue weighted by molar-refractivity contribution is 0.207. The molecule has 1 atom stereocenters. The van der Waals surface area contributed by atoms with Crippen LogP contribution >= 0.6 is 0 Å². The molecule has 0 radical (unpaired) electrons. The predicted molar refractivity (Wildman–Crippen MR) is 88.7 cm³/mol. The molecule has 1 aliphatic heterocycles. The van der Waals surface area contributed by atoms with Gasteiger partial charge in [-0.05, 0) is 49.2 Å². The molecule has 0 spiro atoms. The van der Waals surface area contributed by atoms with Gasteiger partial charge in [-0.3, -0.25) is 14.9 Å². The summed E-state index contributed by atoms with van der Waals surface area (Å²) in [4.78, 5) is 11.4. The third kappa shape index (κ3) is 3.70. The molecule has 2 aromatic heterocycles. The minimum absolute atomic E-state index is 0.373. The first kappa shape index (κ1) is 15.1. The van der Waals surface area contributed by atoms with Crippen molar-refractivity contribution in [3.8, 4) is 0 Å². The van der Waals surface area contributed by atoms with Crippen LogP contribution in [-0.4, -0.2) is 41.0 Å². The molecule has 1 unspecified atom stereocenters. The lowest BCUT2D eigenvalue weighted by Crippen LogP contribution is -2.34. The van der Waals surface area contributed by atoms with Crippen molar-refractivity contribution in [1.29, 1.82) is 0 Å². The zero-order chi connectivity index (χ0) is 15.2. The van der Waals surface area contributed by atoms with E-state index in [9.17, 15) is 0 Å². The van der Waals surface area contributed by atoms with Crippen LogP contribution in [0.3, 0.4) is 0 Å². The van der Waals surface area contributed by atoms with Crippen LogP contribution < -0.4 is 5.32 Å². The van der Waals surface area contributed by atoms with Gasteiger partial charge in [0.1, 0.15) is 0 Å². The normalized spacial score (nSPS) is 17.9. The van der Waals surface area contributed by atoms with Gasteiger partial charge in [-0.25, -0.2) is 0 Å². The fraction of sp³-hybridized carbons (Fsp3) is 0.444. The summed E-state index contributed by atoms with van der Waals surface area (Å²) in [5.41, 5.74) is 3.80. The largest absolute Gasteiger partial charge is 0.315 e. The van der Waals surface area contributed by atoms with Crippen molar-refractivity contribution in [3.05, 3.63) is 59.7 Å². The number of nitrogens with one attached hydrogen (secondary N) is 1. The van der Waals surface area contributed by atoms with Gasteiger partial charge in [0.05, 0.1) is 0 Å². The summed E-state index contributed by atoms with van der Waals surface area (Å²) in [6.07, 6.45) is 7.91. The quantitative estimate of drug-likeness (QED) is 0.940. The highest BCUT2D eigenvalue weighted by Gasteiger charge is 2.23. The number of nitrogens with zero attached hydrogens (tertiary/aromatic N) is 3. The van der Waals surface area contributed by atoms with Crippen molar-refractivity contribution in [3.63, 3.8) is 0 Å². The van der Waals surface area contributed by atoms with Crippen molar-refractivity contribution in [2.75, 3.05) is 26.2 Å². The molecule has 116 valence electrons. The number of hydrogen-bond donors (Lipinski definition) is 1. The van der Waals surface area contributed by atoms with Gasteiger partial charge in [0.2, 0.25) is 0 Å². The summed E-state index contributed by atoms with van der Waals surface area (Å²) >= 11 is 0. The van der Waals surface area contributed by atoms with Gasteiger partial charge in [-0.1, -0.05) is 6.07 Å². The van der Waals surface area contributed by atoms with E-state index in [2.05, 4.69) is 45.3 Å². The standard InChI is InChI=1S/C18H24N4/c1-15-14-20-9-6-17(15)18(13-16-5-2-3-8-21-16)22-11-4-7-19-10-12-22/h2-3,5-6,8-9,14,18-19H,4,7,10-13H2,1H3. The van der Waals surface area contributed by atoms with Crippen LogP contribution in [0.5, 0.6) is 0 Å². The minimum atomic E-state index is 0.373. The fourth-order valence-electron chi connectivity index (χ4n) is 3.19. The maximum absolute atomic E-state index is 4.53. The second-order valence-corrected chi connectivity index (χ2v) is 5.91.